The molecule has 1 fully saturated rings. The van der Waals surface area contributed by atoms with Gasteiger partial charge in [-0.3, -0.25) is 14.9 Å². The summed E-state index contributed by atoms with van der Waals surface area (Å²) in [5, 5.41) is 12.5. The molecule has 1 aliphatic rings. The maximum atomic E-state index is 12.6. The van der Waals surface area contributed by atoms with Gasteiger partial charge in [-0.15, -0.1) is 0 Å². The zero-order valence-corrected chi connectivity index (χ0v) is 15.4. The fraction of sp³-hybridized carbons (Fsp3) is 0.500. The maximum Gasteiger partial charge on any atom is 0.471 e. The van der Waals surface area contributed by atoms with Gasteiger partial charge < -0.3 is 14.8 Å². The molecule has 2 rings (SSSR count). The Bertz CT molecular complexity index is 773. The molecule has 12 heteroatoms. The molecule has 1 aromatic rings. The van der Waals surface area contributed by atoms with Crippen molar-refractivity contribution in [2.45, 2.75) is 49.8 Å². The third kappa shape index (κ3) is 4.71. The average Bonchev–Trinajstić information content (AvgIpc) is 2.58. The quantitative estimate of drug-likeness (QED) is 0.344. The van der Waals surface area contributed by atoms with E-state index in [2.05, 4.69) is 0 Å². The molecule has 4 atom stereocenters. The van der Waals surface area contributed by atoms with E-state index < -0.39 is 46.3 Å². The fourth-order valence-electron chi connectivity index (χ4n) is 2.69. The maximum absolute atomic E-state index is 12.6. The van der Waals surface area contributed by atoms with Gasteiger partial charge in [-0.25, -0.2) is 4.79 Å². The van der Waals surface area contributed by atoms with E-state index in [0.29, 0.717) is 0 Å². The van der Waals surface area contributed by atoms with Gasteiger partial charge in [0.25, 0.3) is 5.69 Å². The third-order valence-electron chi connectivity index (χ3n) is 4.46. The van der Waals surface area contributed by atoms with E-state index in [4.69, 9.17) is 21.1 Å². The van der Waals surface area contributed by atoms with Crippen LogP contribution in [0.2, 0.25) is 0 Å². The second-order valence-corrected chi connectivity index (χ2v) is 6.81. The van der Waals surface area contributed by atoms with Crippen LogP contribution in [0.5, 0.6) is 0 Å². The van der Waals surface area contributed by atoms with E-state index in [9.17, 15) is 32.9 Å². The van der Waals surface area contributed by atoms with E-state index in [1.54, 1.807) is 5.32 Å². The molecular formula is C16H16ClF3N2O6. The first kappa shape index (κ1) is 21.9. The lowest BCUT2D eigenvalue weighted by Crippen LogP contribution is -2.64. The smallest absolute Gasteiger partial charge is 0.451 e. The number of hydrogen-bond acceptors (Lipinski definition) is 6. The Morgan fingerprint density at radius 1 is 1.36 bits per heavy atom. The summed E-state index contributed by atoms with van der Waals surface area (Å²) in [5.41, 5.74) is -2.99. The van der Waals surface area contributed by atoms with Crippen LogP contribution >= 0.6 is 11.6 Å². The lowest BCUT2D eigenvalue weighted by Gasteiger charge is -2.46. The molecule has 8 nitrogen and oxygen atoms in total. The van der Waals surface area contributed by atoms with Crippen molar-refractivity contribution in [1.82, 2.24) is 5.32 Å². The summed E-state index contributed by atoms with van der Waals surface area (Å²) in [6.45, 7) is 2.75. The van der Waals surface area contributed by atoms with Crippen LogP contribution in [0.1, 0.15) is 30.6 Å². The minimum atomic E-state index is -5.13. The standard InChI is InChI=1S/C16H16ClF3N2O6/c1-8-15(2,11(7-12(17)27-8)21-14(24)16(18,19)20)28-13(23)9-3-5-10(6-4-9)22(25)26/h3-6,8,11-12H,7H2,1-2H3,(H,21,24)/t8-,11-,12?,15+/m0/s1. The molecule has 1 aromatic carbocycles. The highest BCUT2D eigenvalue weighted by Gasteiger charge is 2.52. The monoisotopic (exact) mass is 424 g/mol. The van der Waals surface area contributed by atoms with Crippen LogP contribution in [-0.4, -0.2) is 46.3 Å². The summed E-state index contributed by atoms with van der Waals surface area (Å²) in [6, 6.07) is 3.17. The largest absolute Gasteiger partial charge is 0.471 e. The van der Waals surface area contributed by atoms with Gasteiger partial charge in [0.1, 0.15) is 5.56 Å². The van der Waals surface area contributed by atoms with Gasteiger partial charge in [-0.1, -0.05) is 11.6 Å². The lowest BCUT2D eigenvalue weighted by atomic mass is 9.86. The van der Waals surface area contributed by atoms with Crippen molar-refractivity contribution in [2.24, 2.45) is 0 Å². The van der Waals surface area contributed by atoms with Crippen LogP contribution < -0.4 is 5.32 Å². The number of ether oxygens (including phenoxy) is 2. The Balaban J connectivity index is 2.25. The number of nitrogens with zero attached hydrogens (tertiary/aromatic N) is 1. The minimum Gasteiger partial charge on any atom is -0.451 e. The van der Waals surface area contributed by atoms with Crippen LogP contribution in [0.4, 0.5) is 18.9 Å². The number of rotatable bonds is 4. The van der Waals surface area contributed by atoms with Crippen molar-refractivity contribution < 1.29 is 37.2 Å². The first-order valence-electron chi connectivity index (χ1n) is 7.99. The average molecular weight is 425 g/mol. The molecule has 1 unspecified atom stereocenters. The first-order chi connectivity index (χ1) is 12.8. The van der Waals surface area contributed by atoms with Crippen molar-refractivity contribution in [3.8, 4) is 0 Å². The van der Waals surface area contributed by atoms with Crippen molar-refractivity contribution in [3.63, 3.8) is 0 Å². The number of halogens is 4. The van der Waals surface area contributed by atoms with Crippen LogP contribution in [0, 0.1) is 10.1 Å². The third-order valence-corrected chi connectivity index (χ3v) is 4.74. The van der Waals surface area contributed by atoms with Crippen molar-refractivity contribution in [1.29, 1.82) is 0 Å². The van der Waals surface area contributed by atoms with Crippen molar-refractivity contribution in [3.05, 3.63) is 39.9 Å². The van der Waals surface area contributed by atoms with E-state index >= 15 is 0 Å². The molecule has 0 bridgehead atoms. The predicted molar refractivity (Wildman–Crippen MR) is 89.7 cm³/mol. The highest BCUT2D eigenvalue weighted by atomic mass is 35.5. The number of carbonyl (C=O) groups excluding carboxylic acids is 2. The van der Waals surface area contributed by atoms with Gasteiger partial charge in [0.2, 0.25) is 0 Å². The SMILES string of the molecule is C[C@@H]1OC(Cl)C[C@H](NC(=O)C(F)(F)F)[C@]1(C)OC(=O)c1ccc([N+](=O)[O-])cc1. The Morgan fingerprint density at radius 2 is 1.93 bits per heavy atom. The molecule has 154 valence electrons. The Morgan fingerprint density at radius 3 is 2.43 bits per heavy atom. The number of nitro groups is 1. The summed E-state index contributed by atoms with van der Waals surface area (Å²) in [5.74, 6) is -3.15. The minimum absolute atomic E-state index is 0.0621. The van der Waals surface area contributed by atoms with Gasteiger partial charge in [0.05, 0.1) is 22.6 Å². The summed E-state index contributed by atoms with van der Waals surface area (Å²) < 4.78 is 48.7. The Kier molecular flexibility index (Phi) is 6.19. The molecule has 1 aliphatic heterocycles. The molecule has 1 saturated heterocycles. The molecule has 0 radical (unpaired) electrons. The number of esters is 1. The van der Waals surface area contributed by atoms with Gasteiger partial charge >= 0.3 is 18.1 Å². The van der Waals surface area contributed by atoms with E-state index in [0.717, 1.165) is 24.3 Å². The summed E-state index contributed by atoms with van der Waals surface area (Å²) >= 11 is 5.87. The van der Waals surface area contributed by atoms with Crippen molar-refractivity contribution >= 4 is 29.2 Å². The zero-order chi connectivity index (χ0) is 21.3. The molecule has 1 N–H and O–H groups in total. The second-order valence-electron chi connectivity index (χ2n) is 6.33. The molecule has 28 heavy (non-hydrogen) atoms. The number of nitrogens with one attached hydrogen (secondary N) is 1. The normalized spacial score (nSPS) is 27.7. The molecule has 0 spiro atoms. The predicted octanol–water partition coefficient (Wildman–Crippen LogP) is 2.93. The van der Waals surface area contributed by atoms with E-state index in [1.165, 1.54) is 13.8 Å². The Hall–Kier alpha value is -2.40. The number of alkyl halides is 4. The fourth-order valence-corrected chi connectivity index (χ4v) is 3.02. The summed E-state index contributed by atoms with van der Waals surface area (Å²) in [6.07, 6.45) is -6.33. The van der Waals surface area contributed by atoms with Crippen molar-refractivity contribution in [2.75, 3.05) is 0 Å². The Labute approximate surface area is 162 Å². The zero-order valence-electron chi connectivity index (χ0n) is 14.7. The van der Waals surface area contributed by atoms with E-state index in [-0.39, 0.29) is 17.7 Å². The van der Waals surface area contributed by atoms with Gasteiger partial charge in [0, 0.05) is 18.6 Å². The molecule has 0 aromatic heterocycles. The number of carbonyl (C=O) groups is 2. The highest BCUT2D eigenvalue weighted by molar-refractivity contribution is 6.19. The summed E-state index contributed by atoms with van der Waals surface area (Å²) in [7, 11) is 0. The van der Waals surface area contributed by atoms with E-state index in [1.807, 2.05) is 0 Å². The molecular weight excluding hydrogens is 409 g/mol. The number of hydrogen-bond donors (Lipinski definition) is 1. The van der Waals surface area contributed by atoms with Gasteiger partial charge in [-0.2, -0.15) is 13.2 Å². The van der Waals surface area contributed by atoms with Crippen LogP contribution in [0.15, 0.2) is 24.3 Å². The molecule has 0 saturated carbocycles. The molecule has 1 heterocycles. The molecule has 0 aliphatic carbocycles. The highest BCUT2D eigenvalue weighted by Crippen LogP contribution is 2.35. The number of nitro benzene ring substituents is 1. The van der Waals surface area contributed by atoms with Gasteiger partial charge in [-0.05, 0) is 26.0 Å². The van der Waals surface area contributed by atoms with Crippen LogP contribution in [0.25, 0.3) is 0 Å². The van der Waals surface area contributed by atoms with Gasteiger partial charge in [0.15, 0.2) is 5.60 Å². The number of benzene rings is 1. The van der Waals surface area contributed by atoms with Crippen LogP contribution in [0.3, 0.4) is 0 Å². The summed E-state index contributed by atoms with van der Waals surface area (Å²) in [4.78, 5) is 33.8. The number of amides is 1. The second kappa shape index (κ2) is 7.92. The lowest BCUT2D eigenvalue weighted by molar-refractivity contribution is -0.384. The topological polar surface area (TPSA) is 108 Å². The first-order valence-corrected chi connectivity index (χ1v) is 8.43. The number of non-ortho nitro benzene ring substituents is 1. The molecule has 1 amide bonds. The van der Waals surface area contributed by atoms with Crippen LogP contribution in [-0.2, 0) is 14.3 Å².